The lowest BCUT2D eigenvalue weighted by molar-refractivity contribution is -0.275. The number of nitrogens with one attached hydrogen (secondary N) is 2. The summed E-state index contributed by atoms with van der Waals surface area (Å²) in [5.41, 5.74) is -0.735. The number of H-pyrrole nitrogens is 1. The number of amides is 1. The number of carbonyl (C=O) groups excluding carboxylic acids is 1. The highest BCUT2D eigenvalue weighted by molar-refractivity contribution is 5.92. The average molecular weight is 413 g/mol. The van der Waals surface area contributed by atoms with E-state index in [-0.39, 0.29) is 23.7 Å². The molecule has 0 unspecified atom stereocenters. The summed E-state index contributed by atoms with van der Waals surface area (Å²) in [6, 6.07) is 2.72. The number of rotatable bonds is 6. The van der Waals surface area contributed by atoms with Gasteiger partial charge in [-0.3, -0.25) is 14.6 Å². The topological polar surface area (TPSA) is 93.3 Å². The molecular weight excluding hydrogens is 398 g/mol. The van der Waals surface area contributed by atoms with Crippen LogP contribution in [0.25, 0.3) is 0 Å². The summed E-state index contributed by atoms with van der Waals surface area (Å²) in [6.07, 6.45) is -5.05. The van der Waals surface area contributed by atoms with Crippen LogP contribution in [0.3, 0.4) is 0 Å². The molecule has 2 N–H and O–H groups in total. The van der Waals surface area contributed by atoms with Crippen LogP contribution in [0.2, 0.25) is 0 Å². The average Bonchev–Trinajstić information content (AvgIpc) is 2.61. The molecule has 1 heterocycles. The monoisotopic (exact) mass is 413 g/mol. The zero-order valence-electron chi connectivity index (χ0n) is 15.2. The van der Waals surface area contributed by atoms with Crippen LogP contribution < -0.4 is 15.6 Å². The van der Waals surface area contributed by atoms with Gasteiger partial charge in [0.2, 0.25) is 0 Å². The fourth-order valence-corrected chi connectivity index (χ4v) is 2.31. The van der Waals surface area contributed by atoms with Gasteiger partial charge in [-0.25, -0.2) is 9.37 Å². The molecule has 154 valence electrons. The molecule has 0 bridgehead atoms. The van der Waals surface area contributed by atoms with E-state index < -0.39 is 35.4 Å². The summed E-state index contributed by atoms with van der Waals surface area (Å²) >= 11 is 0. The maximum absolute atomic E-state index is 14.0. The Balaban J connectivity index is 2.28. The van der Waals surface area contributed by atoms with E-state index in [2.05, 4.69) is 31.9 Å². The van der Waals surface area contributed by atoms with E-state index in [9.17, 15) is 27.2 Å². The minimum absolute atomic E-state index is 0.0202. The van der Waals surface area contributed by atoms with Crippen LogP contribution >= 0.6 is 0 Å². The summed E-state index contributed by atoms with van der Waals surface area (Å²) < 4.78 is 59.3. The fourth-order valence-electron chi connectivity index (χ4n) is 2.31. The molecule has 1 aromatic heterocycles. The van der Waals surface area contributed by atoms with Gasteiger partial charge in [0, 0.05) is 13.2 Å². The molecule has 0 aliphatic rings. The van der Waals surface area contributed by atoms with Crippen molar-refractivity contribution in [2.75, 3.05) is 13.7 Å². The molecular formula is C18H15F4N3O4. The van der Waals surface area contributed by atoms with Gasteiger partial charge in [-0.1, -0.05) is 12.0 Å². The van der Waals surface area contributed by atoms with Crippen molar-refractivity contribution in [2.45, 2.75) is 19.3 Å². The minimum atomic E-state index is -5.05. The van der Waals surface area contributed by atoms with Crippen LogP contribution in [0.5, 0.6) is 5.75 Å². The molecule has 29 heavy (non-hydrogen) atoms. The molecule has 0 aliphatic carbocycles. The second-order valence-electron chi connectivity index (χ2n) is 5.57. The van der Waals surface area contributed by atoms with E-state index in [4.69, 9.17) is 4.74 Å². The first kappa shape index (κ1) is 21.9. The van der Waals surface area contributed by atoms with Crippen LogP contribution in [0.1, 0.15) is 34.8 Å². The van der Waals surface area contributed by atoms with Crippen molar-refractivity contribution in [3.05, 3.63) is 57.5 Å². The first-order chi connectivity index (χ1) is 13.6. The smallest absolute Gasteiger partial charge is 0.403 e. The standard InChI is InChI=1S/C18H15F4N3O4/c1-3-4-15-23-12(8-16(26)25-15)17(27)24-13(9-28-2)10-5-6-14(11(19)7-10)29-18(20,21)22/h5-8,13H,9H2,1-2H3,(H,24,27)(H,23,25,26)/t13-/m1/s1. The number of hydrogen-bond acceptors (Lipinski definition) is 5. The predicted octanol–water partition coefficient (Wildman–Crippen LogP) is 2.30. The fraction of sp³-hybridized carbons (Fsp3) is 0.278. The quantitative estimate of drug-likeness (QED) is 0.560. The van der Waals surface area contributed by atoms with Gasteiger partial charge >= 0.3 is 6.36 Å². The number of nitrogens with zero attached hydrogens (tertiary/aromatic N) is 1. The van der Waals surface area contributed by atoms with Crippen molar-refractivity contribution >= 4 is 5.91 Å². The highest BCUT2D eigenvalue weighted by atomic mass is 19.4. The maximum atomic E-state index is 14.0. The van der Waals surface area contributed by atoms with Gasteiger partial charge in [0.1, 0.15) is 5.69 Å². The SMILES string of the molecule is CC#Cc1nc(C(=O)N[C@H](COC)c2ccc(OC(F)(F)F)c(F)c2)cc(=O)[nH]1. The second kappa shape index (κ2) is 9.20. The normalized spacial score (nSPS) is 11.9. The Morgan fingerprint density at radius 1 is 1.34 bits per heavy atom. The lowest BCUT2D eigenvalue weighted by Crippen LogP contribution is -2.33. The summed E-state index contributed by atoms with van der Waals surface area (Å²) in [7, 11) is 1.32. The molecule has 7 nitrogen and oxygen atoms in total. The Morgan fingerprint density at radius 3 is 2.66 bits per heavy atom. The van der Waals surface area contributed by atoms with Crippen LogP contribution in [-0.4, -0.2) is 36.0 Å². The van der Waals surface area contributed by atoms with Crippen molar-refractivity contribution in [1.29, 1.82) is 0 Å². The van der Waals surface area contributed by atoms with E-state index in [1.807, 2.05) is 0 Å². The zero-order chi connectivity index (χ0) is 21.6. The lowest BCUT2D eigenvalue weighted by atomic mass is 10.1. The Morgan fingerprint density at radius 2 is 2.07 bits per heavy atom. The van der Waals surface area contributed by atoms with Crippen LogP contribution in [0.15, 0.2) is 29.1 Å². The molecule has 1 aromatic carbocycles. The summed E-state index contributed by atoms with van der Waals surface area (Å²) in [4.78, 5) is 30.3. The number of halogens is 4. The van der Waals surface area contributed by atoms with Crippen LogP contribution in [0.4, 0.5) is 17.6 Å². The molecule has 1 atom stereocenters. The van der Waals surface area contributed by atoms with Crippen molar-refractivity contribution in [2.24, 2.45) is 0 Å². The van der Waals surface area contributed by atoms with E-state index in [0.29, 0.717) is 0 Å². The van der Waals surface area contributed by atoms with E-state index >= 15 is 0 Å². The number of alkyl halides is 3. The van der Waals surface area contributed by atoms with Gasteiger partial charge in [0.15, 0.2) is 17.4 Å². The molecule has 0 saturated heterocycles. The number of methoxy groups -OCH3 is 1. The molecule has 0 saturated carbocycles. The van der Waals surface area contributed by atoms with Gasteiger partial charge in [-0.2, -0.15) is 0 Å². The molecule has 2 aromatic rings. The number of aromatic nitrogens is 2. The lowest BCUT2D eigenvalue weighted by Gasteiger charge is -2.19. The largest absolute Gasteiger partial charge is 0.573 e. The number of hydrogen-bond donors (Lipinski definition) is 2. The van der Waals surface area contributed by atoms with Crippen molar-refractivity contribution in [1.82, 2.24) is 15.3 Å². The van der Waals surface area contributed by atoms with Gasteiger partial charge in [-0.05, 0) is 30.5 Å². The first-order valence-electron chi connectivity index (χ1n) is 8.02. The number of carbonyl (C=O) groups is 1. The number of aromatic amines is 1. The van der Waals surface area contributed by atoms with Crippen LogP contribution in [0, 0.1) is 17.7 Å². The molecule has 0 radical (unpaired) electrons. The predicted molar refractivity (Wildman–Crippen MR) is 92.6 cm³/mol. The van der Waals surface area contributed by atoms with Gasteiger partial charge in [-0.15, -0.1) is 13.2 Å². The van der Waals surface area contributed by atoms with Crippen molar-refractivity contribution in [3.8, 4) is 17.6 Å². The third-order valence-corrected chi connectivity index (χ3v) is 3.44. The van der Waals surface area contributed by atoms with Gasteiger partial charge < -0.3 is 14.8 Å². The minimum Gasteiger partial charge on any atom is -0.403 e. The van der Waals surface area contributed by atoms with E-state index in [0.717, 1.165) is 24.3 Å². The Labute approximate surface area is 162 Å². The van der Waals surface area contributed by atoms with Gasteiger partial charge in [0.25, 0.3) is 11.5 Å². The summed E-state index contributed by atoms with van der Waals surface area (Å²) in [6.45, 7) is 1.39. The van der Waals surface area contributed by atoms with Crippen molar-refractivity contribution < 1.29 is 31.8 Å². The molecule has 2 rings (SSSR count). The Kier molecular flexibility index (Phi) is 6.95. The highest BCUT2D eigenvalue weighted by Crippen LogP contribution is 2.28. The summed E-state index contributed by atoms with van der Waals surface area (Å²) in [5, 5.41) is 2.48. The number of benzene rings is 1. The second-order valence-corrected chi connectivity index (χ2v) is 5.57. The zero-order valence-corrected chi connectivity index (χ0v) is 15.2. The molecule has 1 amide bonds. The van der Waals surface area contributed by atoms with E-state index in [1.54, 1.807) is 0 Å². The first-order valence-corrected chi connectivity index (χ1v) is 8.02. The third-order valence-electron chi connectivity index (χ3n) is 3.44. The molecule has 0 spiro atoms. The Hall–Kier alpha value is -3.39. The van der Waals surface area contributed by atoms with Crippen LogP contribution in [-0.2, 0) is 4.74 Å². The molecule has 0 fully saturated rings. The van der Waals surface area contributed by atoms with Crippen molar-refractivity contribution in [3.63, 3.8) is 0 Å². The maximum Gasteiger partial charge on any atom is 0.573 e. The Bertz CT molecular complexity index is 1010. The summed E-state index contributed by atoms with van der Waals surface area (Å²) in [5.74, 6) is 1.94. The number of ether oxygens (including phenoxy) is 2. The molecule has 0 aliphatic heterocycles. The third kappa shape index (κ3) is 6.32. The molecule has 11 heteroatoms. The highest BCUT2D eigenvalue weighted by Gasteiger charge is 2.32. The van der Waals surface area contributed by atoms with E-state index in [1.165, 1.54) is 14.0 Å². The van der Waals surface area contributed by atoms with Gasteiger partial charge in [0.05, 0.1) is 12.6 Å².